The highest BCUT2D eigenvalue weighted by atomic mass is 19.1. The number of nitrogen functional groups attached to an aromatic ring is 1. The number of nitrogens with zero attached hydrogens (tertiary/aromatic N) is 2. The number of unbranched alkanes of at least 4 members (excludes halogenated alkanes) is 1. The summed E-state index contributed by atoms with van der Waals surface area (Å²) >= 11 is 0. The minimum Gasteiger partial charge on any atom is -0.384 e. The summed E-state index contributed by atoms with van der Waals surface area (Å²) in [6.07, 6.45) is 2.09. The van der Waals surface area contributed by atoms with Crippen molar-refractivity contribution < 1.29 is 4.39 Å². The highest BCUT2D eigenvalue weighted by molar-refractivity contribution is 5.62. The molecule has 0 saturated carbocycles. The van der Waals surface area contributed by atoms with Crippen molar-refractivity contribution in [2.45, 2.75) is 26.3 Å². The molecule has 0 atom stereocenters. The Morgan fingerprint density at radius 1 is 1.35 bits per heavy atom. The molecule has 3 nitrogen and oxygen atoms in total. The van der Waals surface area contributed by atoms with Gasteiger partial charge in [0.2, 0.25) is 0 Å². The van der Waals surface area contributed by atoms with E-state index in [2.05, 4.69) is 12.0 Å². The first-order chi connectivity index (χ1) is 8.22. The fraction of sp³-hybridized carbons (Fsp3) is 0.308. The molecule has 0 aliphatic carbocycles. The van der Waals surface area contributed by atoms with Crippen LogP contribution in [0.4, 0.5) is 10.2 Å². The molecule has 0 aliphatic rings. The van der Waals surface area contributed by atoms with Crippen LogP contribution in [0.5, 0.6) is 0 Å². The summed E-state index contributed by atoms with van der Waals surface area (Å²) in [5, 5.41) is 4.33. The van der Waals surface area contributed by atoms with E-state index < -0.39 is 0 Å². The summed E-state index contributed by atoms with van der Waals surface area (Å²) in [6.45, 7) is 2.88. The van der Waals surface area contributed by atoms with Crippen LogP contribution in [0.3, 0.4) is 0 Å². The maximum absolute atomic E-state index is 13.6. The Kier molecular flexibility index (Phi) is 3.42. The Morgan fingerprint density at radius 3 is 2.82 bits per heavy atom. The summed E-state index contributed by atoms with van der Waals surface area (Å²) in [5.41, 5.74) is 6.94. The highest BCUT2D eigenvalue weighted by Gasteiger charge is 2.10. The Labute approximate surface area is 100 Å². The number of hydrogen-bond donors (Lipinski definition) is 1. The third-order valence-corrected chi connectivity index (χ3v) is 2.68. The molecule has 0 radical (unpaired) electrons. The molecule has 2 rings (SSSR count). The summed E-state index contributed by atoms with van der Waals surface area (Å²) in [4.78, 5) is 0. The van der Waals surface area contributed by atoms with Gasteiger partial charge in [-0.3, -0.25) is 0 Å². The predicted molar refractivity (Wildman–Crippen MR) is 66.9 cm³/mol. The van der Waals surface area contributed by atoms with Crippen molar-refractivity contribution in [2.24, 2.45) is 0 Å². The van der Waals surface area contributed by atoms with Gasteiger partial charge in [0.05, 0.1) is 5.69 Å². The fourth-order valence-corrected chi connectivity index (χ4v) is 1.72. The molecule has 2 aromatic rings. The standard InChI is InChI=1S/C13H16FN3/c1-2-3-8-17-13(15)9-12(16-17)10-6-4-5-7-11(10)14/h4-7,9H,2-3,8,15H2,1H3. The quantitative estimate of drug-likeness (QED) is 0.882. The molecule has 0 saturated heterocycles. The Bertz CT molecular complexity index is 505. The number of rotatable bonds is 4. The third-order valence-electron chi connectivity index (χ3n) is 2.68. The average molecular weight is 233 g/mol. The van der Waals surface area contributed by atoms with Crippen molar-refractivity contribution in [1.82, 2.24) is 9.78 Å². The lowest BCUT2D eigenvalue weighted by atomic mass is 10.1. The lowest BCUT2D eigenvalue weighted by Gasteiger charge is -2.01. The van der Waals surface area contributed by atoms with Crippen molar-refractivity contribution in [2.75, 3.05) is 5.73 Å². The van der Waals surface area contributed by atoms with E-state index in [-0.39, 0.29) is 5.82 Å². The second kappa shape index (κ2) is 4.99. The summed E-state index contributed by atoms with van der Waals surface area (Å²) in [7, 11) is 0. The van der Waals surface area contributed by atoms with Gasteiger partial charge in [0.1, 0.15) is 11.6 Å². The summed E-state index contributed by atoms with van der Waals surface area (Å²) in [6, 6.07) is 8.31. The maximum atomic E-state index is 13.6. The van der Waals surface area contributed by atoms with Gasteiger partial charge in [-0.05, 0) is 18.6 Å². The predicted octanol–water partition coefficient (Wildman–Crippen LogP) is 3.07. The van der Waals surface area contributed by atoms with E-state index in [0.717, 1.165) is 19.4 Å². The number of hydrogen-bond acceptors (Lipinski definition) is 2. The van der Waals surface area contributed by atoms with Crippen LogP contribution >= 0.6 is 0 Å². The van der Waals surface area contributed by atoms with Crippen LogP contribution in [0.15, 0.2) is 30.3 Å². The molecule has 0 fully saturated rings. The monoisotopic (exact) mass is 233 g/mol. The molecule has 0 unspecified atom stereocenters. The van der Waals surface area contributed by atoms with E-state index in [0.29, 0.717) is 17.1 Å². The van der Waals surface area contributed by atoms with Crippen molar-refractivity contribution in [3.05, 3.63) is 36.1 Å². The Balaban J connectivity index is 2.31. The topological polar surface area (TPSA) is 43.8 Å². The maximum Gasteiger partial charge on any atom is 0.132 e. The van der Waals surface area contributed by atoms with Gasteiger partial charge in [-0.15, -0.1) is 0 Å². The molecule has 17 heavy (non-hydrogen) atoms. The van der Waals surface area contributed by atoms with Crippen molar-refractivity contribution >= 4 is 5.82 Å². The molecule has 4 heteroatoms. The van der Waals surface area contributed by atoms with Crippen LogP contribution in [-0.2, 0) is 6.54 Å². The molecule has 0 aliphatic heterocycles. The molecular formula is C13H16FN3. The molecule has 0 amide bonds. The summed E-state index contributed by atoms with van der Waals surface area (Å²) in [5.74, 6) is 0.310. The fourth-order valence-electron chi connectivity index (χ4n) is 1.72. The van der Waals surface area contributed by atoms with Crippen molar-refractivity contribution in [3.8, 4) is 11.3 Å². The number of anilines is 1. The second-order valence-corrected chi connectivity index (χ2v) is 4.01. The molecular weight excluding hydrogens is 217 g/mol. The molecule has 90 valence electrons. The zero-order valence-corrected chi connectivity index (χ0v) is 9.86. The van der Waals surface area contributed by atoms with Crippen LogP contribution in [0, 0.1) is 5.82 Å². The first kappa shape index (κ1) is 11.6. The zero-order chi connectivity index (χ0) is 12.3. The number of aromatic nitrogens is 2. The van der Waals surface area contributed by atoms with Gasteiger partial charge in [-0.2, -0.15) is 5.10 Å². The Morgan fingerprint density at radius 2 is 2.12 bits per heavy atom. The largest absolute Gasteiger partial charge is 0.384 e. The van der Waals surface area contributed by atoms with Crippen LogP contribution in [-0.4, -0.2) is 9.78 Å². The minimum atomic E-state index is -0.271. The SMILES string of the molecule is CCCCn1nc(-c2ccccc2F)cc1N. The lowest BCUT2D eigenvalue weighted by molar-refractivity contribution is 0.579. The van der Waals surface area contributed by atoms with Gasteiger partial charge in [0.15, 0.2) is 0 Å². The first-order valence-corrected chi connectivity index (χ1v) is 5.80. The number of aryl methyl sites for hydroxylation is 1. The number of halogens is 1. The van der Waals surface area contributed by atoms with Crippen LogP contribution in [0.25, 0.3) is 11.3 Å². The number of nitrogens with two attached hydrogens (primary N) is 1. The van der Waals surface area contributed by atoms with Gasteiger partial charge in [0, 0.05) is 18.2 Å². The molecule has 2 N–H and O–H groups in total. The van der Waals surface area contributed by atoms with E-state index in [9.17, 15) is 4.39 Å². The zero-order valence-electron chi connectivity index (χ0n) is 9.86. The minimum absolute atomic E-state index is 0.271. The normalized spacial score (nSPS) is 10.7. The number of benzene rings is 1. The van der Waals surface area contributed by atoms with Crippen molar-refractivity contribution in [3.63, 3.8) is 0 Å². The van der Waals surface area contributed by atoms with Crippen molar-refractivity contribution in [1.29, 1.82) is 0 Å². The average Bonchev–Trinajstić information content (AvgIpc) is 2.68. The molecule has 0 bridgehead atoms. The highest BCUT2D eigenvalue weighted by Crippen LogP contribution is 2.23. The van der Waals surface area contributed by atoms with Gasteiger partial charge < -0.3 is 5.73 Å². The van der Waals surface area contributed by atoms with Gasteiger partial charge in [0.25, 0.3) is 0 Å². The van der Waals surface area contributed by atoms with E-state index in [1.165, 1.54) is 6.07 Å². The summed E-state index contributed by atoms with van der Waals surface area (Å²) < 4.78 is 15.3. The van der Waals surface area contributed by atoms with Gasteiger partial charge >= 0.3 is 0 Å². The van der Waals surface area contributed by atoms with E-state index in [1.54, 1.807) is 28.9 Å². The Hall–Kier alpha value is -1.84. The van der Waals surface area contributed by atoms with Crippen LogP contribution in [0.1, 0.15) is 19.8 Å². The van der Waals surface area contributed by atoms with Crippen LogP contribution in [0.2, 0.25) is 0 Å². The smallest absolute Gasteiger partial charge is 0.132 e. The molecule has 1 aromatic carbocycles. The second-order valence-electron chi connectivity index (χ2n) is 4.01. The molecule has 1 heterocycles. The van der Waals surface area contributed by atoms with Gasteiger partial charge in [-0.1, -0.05) is 25.5 Å². The van der Waals surface area contributed by atoms with E-state index >= 15 is 0 Å². The van der Waals surface area contributed by atoms with Crippen LogP contribution < -0.4 is 5.73 Å². The molecule has 1 aromatic heterocycles. The molecule has 0 spiro atoms. The third kappa shape index (κ3) is 2.46. The van der Waals surface area contributed by atoms with E-state index in [1.807, 2.05) is 0 Å². The van der Waals surface area contributed by atoms with E-state index in [4.69, 9.17) is 5.73 Å². The van der Waals surface area contributed by atoms with Gasteiger partial charge in [-0.25, -0.2) is 9.07 Å². The lowest BCUT2D eigenvalue weighted by Crippen LogP contribution is -2.04. The first-order valence-electron chi connectivity index (χ1n) is 5.80.